The number of anilines is 2. The molecule has 0 fully saturated rings. The Bertz CT molecular complexity index is 649. The lowest BCUT2D eigenvalue weighted by molar-refractivity contribution is -0.114. The Morgan fingerprint density at radius 1 is 1.24 bits per heavy atom. The van der Waals surface area contributed by atoms with Gasteiger partial charge in [0.25, 0.3) is 0 Å². The Labute approximate surface area is 130 Å². The number of amides is 1. The van der Waals surface area contributed by atoms with E-state index in [1.807, 2.05) is 12.1 Å². The second-order valence-corrected chi connectivity index (χ2v) is 5.08. The minimum atomic E-state index is -0.342. The van der Waals surface area contributed by atoms with Crippen molar-refractivity contribution in [2.45, 2.75) is 0 Å². The third kappa shape index (κ3) is 4.19. The summed E-state index contributed by atoms with van der Waals surface area (Å²) in [5.41, 5.74) is 1.25. The molecule has 0 aliphatic rings. The molecular formula is C15H14BrFN2O2. The molecule has 21 heavy (non-hydrogen) atoms. The molecule has 0 aromatic heterocycles. The van der Waals surface area contributed by atoms with Gasteiger partial charge in [-0.05, 0) is 46.3 Å². The van der Waals surface area contributed by atoms with Gasteiger partial charge in [0.1, 0.15) is 11.6 Å². The summed E-state index contributed by atoms with van der Waals surface area (Å²) in [4.78, 5) is 11.9. The summed E-state index contributed by atoms with van der Waals surface area (Å²) in [7, 11) is 1.54. The summed E-state index contributed by atoms with van der Waals surface area (Å²) >= 11 is 3.23. The molecule has 0 radical (unpaired) electrons. The van der Waals surface area contributed by atoms with Crippen LogP contribution in [0.5, 0.6) is 5.75 Å². The molecule has 0 heterocycles. The van der Waals surface area contributed by atoms with Gasteiger partial charge in [0.2, 0.25) is 5.91 Å². The van der Waals surface area contributed by atoms with Crippen LogP contribution in [-0.4, -0.2) is 19.6 Å². The summed E-state index contributed by atoms with van der Waals surface area (Å²) in [5, 5.41) is 5.68. The number of carbonyl (C=O) groups is 1. The molecular weight excluding hydrogens is 339 g/mol. The van der Waals surface area contributed by atoms with Crippen molar-refractivity contribution in [3.63, 3.8) is 0 Å². The molecule has 4 nitrogen and oxygen atoms in total. The van der Waals surface area contributed by atoms with E-state index in [-0.39, 0.29) is 18.3 Å². The van der Waals surface area contributed by atoms with Gasteiger partial charge >= 0.3 is 0 Å². The quantitative estimate of drug-likeness (QED) is 0.863. The highest BCUT2D eigenvalue weighted by atomic mass is 79.9. The maximum absolute atomic E-state index is 13.0. The van der Waals surface area contributed by atoms with Gasteiger partial charge in [0.05, 0.1) is 19.3 Å². The Kier molecular flexibility index (Phi) is 5.16. The highest BCUT2D eigenvalue weighted by molar-refractivity contribution is 9.10. The van der Waals surface area contributed by atoms with Crippen molar-refractivity contribution in [3.05, 3.63) is 52.8 Å². The number of methoxy groups -OCH3 is 1. The van der Waals surface area contributed by atoms with Crippen molar-refractivity contribution in [1.82, 2.24) is 0 Å². The third-order valence-corrected chi connectivity index (χ3v) is 3.41. The lowest BCUT2D eigenvalue weighted by Crippen LogP contribution is -2.22. The zero-order chi connectivity index (χ0) is 15.2. The van der Waals surface area contributed by atoms with Crippen molar-refractivity contribution >= 4 is 33.2 Å². The lowest BCUT2D eigenvalue weighted by Gasteiger charge is -2.11. The average Bonchev–Trinajstić information content (AvgIpc) is 2.47. The van der Waals surface area contributed by atoms with Crippen molar-refractivity contribution in [3.8, 4) is 5.75 Å². The number of rotatable bonds is 5. The van der Waals surface area contributed by atoms with Crippen molar-refractivity contribution < 1.29 is 13.9 Å². The van der Waals surface area contributed by atoms with Crippen LogP contribution in [0.4, 0.5) is 15.8 Å². The number of halogens is 2. The molecule has 2 aromatic carbocycles. The first-order valence-electron chi connectivity index (χ1n) is 6.22. The molecule has 110 valence electrons. The topological polar surface area (TPSA) is 50.4 Å². The number of para-hydroxylation sites is 2. The van der Waals surface area contributed by atoms with Gasteiger partial charge in [0, 0.05) is 10.2 Å². The first-order chi connectivity index (χ1) is 10.1. The molecule has 0 saturated carbocycles. The number of hydrogen-bond donors (Lipinski definition) is 2. The summed E-state index contributed by atoms with van der Waals surface area (Å²) in [5.74, 6) is 0.0236. The molecule has 2 aromatic rings. The number of carbonyl (C=O) groups excluding carboxylic acids is 1. The highest BCUT2D eigenvalue weighted by Crippen LogP contribution is 2.24. The Morgan fingerprint density at radius 3 is 2.71 bits per heavy atom. The normalized spacial score (nSPS) is 10.0. The van der Waals surface area contributed by atoms with Crippen LogP contribution in [0.3, 0.4) is 0 Å². The van der Waals surface area contributed by atoms with E-state index in [0.717, 1.165) is 0 Å². The molecule has 0 aliphatic heterocycles. The minimum Gasteiger partial charge on any atom is -0.495 e. The van der Waals surface area contributed by atoms with Crippen LogP contribution in [0.1, 0.15) is 0 Å². The fraction of sp³-hybridized carbons (Fsp3) is 0.133. The van der Waals surface area contributed by atoms with Gasteiger partial charge in [0.15, 0.2) is 0 Å². The van der Waals surface area contributed by atoms with Gasteiger partial charge in [-0.25, -0.2) is 4.39 Å². The van der Waals surface area contributed by atoms with Crippen LogP contribution in [0.2, 0.25) is 0 Å². The van der Waals surface area contributed by atoms with E-state index in [4.69, 9.17) is 4.74 Å². The van der Waals surface area contributed by atoms with E-state index in [1.165, 1.54) is 12.1 Å². The first-order valence-corrected chi connectivity index (χ1v) is 7.01. The van der Waals surface area contributed by atoms with E-state index in [9.17, 15) is 9.18 Å². The molecule has 2 rings (SSSR count). The number of ether oxygens (including phenoxy) is 1. The van der Waals surface area contributed by atoms with E-state index in [0.29, 0.717) is 21.6 Å². The van der Waals surface area contributed by atoms with Gasteiger partial charge in [-0.1, -0.05) is 12.1 Å². The minimum absolute atomic E-state index is 0.0578. The van der Waals surface area contributed by atoms with E-state index in [2.05, 4.69) is 26.6 Å². The predicted octanol–water partition coefficient (Wildman–Crippen LogP) is 3.65. The summed E-state index contributed by atoms with van der Waals surface area (Å²) in [6, 6.07) is 11.4. The van der Waals surface area contributed by atoms with Crippen LogP contribution in [0, 0.1) is 5.82 Å². The molecule has 0 unspecified atom stereocenters. The third-order valence-electron chi connectivity index (χ3n) is 2.75. The maximum atomic E-state index is 13.0. The molecule has 0 saturated heterocycles. The number of nitrogens with one attached hydrogen (secondary N) is 2. The predicted molar refractivity (Wildman–Crippen MR) is 84.2 cm³/mol. The Morgan fingerprint density at radius 2 is 2.00 bits per heavy atom. The number of benzene rings is 2. The summed E-state index contributed by atoms with van der Waals surface area (Å²) < 4.78 is 18.7. The van der Waals surface area contributed by atoms with Gasteiger partial charge < -0.3 is 15.4 Å². The molecule has 2 N–H and O–H groups in total. The summed E-state index contributed by atoms with van der Waals surface area (Å²) in [6.07, 6.45) is 0. The fourth-order valence-electron chi connectivity index (χ4n) is 1.75. The van der Waals surface area contributed by atoms with Crippen molar-refractivity contribution in [2.75, 3.05) is 24.3 Å². The van der Waals surface area contributed by atoms with E-state index in [1.54, 1.807) is 25.3 Å². The van der Waals surface area contributed by atoms with Crippen LogP contribution in [0.25, 0.3) is 0 Å². The second kappa shape index (κ2) is 7.08. The molecule has 0 aliphatic carbocycles. The first kappa shape index (κ1) is 15.3. The Balaban J connectivity index is 1.96. The smallest absolute Gasteiger partial charge is 0.243 e. The van der Waals surface area contributed by atoms with Crippen molar-refractivity contribution in [2.24, 2.45) is 0 Å². The SMILES string of the molecule is COc1ccccc1NC(=O)CNc1ccc(F)cc1Br. The second-order valence-electron chi connectivity index (χ2n) is 4.23. The van der Waals surface area contributed by atoms with Crippen LogP contribution >= 0.6 is 15.9 Å². The largest absolute Gasteiger partial charge is 0.495 e. The van der Waals surface area contributed by atoms with Gasteiger partial charge in [-0.3, -0.25) is 4.79 Å². The van der Waals surface area contributed by atoms with E-state index < -0.39 is 0 Å². The summed E-state index contributed by atoms with van der Waals surface area (Å²) in [6.45, 7) is 0.0578. The molecule has 0 spiro atoms. The van der Waals surface area contributed by atoms with Gasteiger partial charge in [-0.15, -0.1) is 0 Å². The van der Waals surface area contributed by atoms with Crippen LogP contribution in [-0.2, 0) is 4.79 Å². The standard InChI is InChI=1S/C15H14BrFN2O2/c1-21-14-5-3-2-4-13(14)19-15(20)9-18-12-7-6-10(17)8-11(12)16/h2-8,18H,9H2,1H3,(H,19,20). The molecule has 6 heteroatoms. The van der Waals surface area contributed by atoms with Crippen LogP contribution < -0.4 is 15.4 Å². The lowest BCUT2D eigenvalue weighted by atomic mass is 10.3. The Hall–Kier alpha value is -2.08. The zero-order valence-electron chi connectivity index (χ0n) is 11.3. The zero-order valence-corrected chi connectivity index (χ0v) is 12.9. The number of hydrogen-bond acceptors (Lipinski definition) is 3. The van der Waals surface area contributed by atoms with Crippen LogP contribution in [0.15, 0.2) is 46.9 Å². The molecule has 0 bridgehead atoms. The highest BCUT2D eigenvalue weighted by Gasteiger charge is 2.08. The van der Waals surface area contributed by atoms with Gasteiger partial charge in [-0.2, -0.15) is 0 Å². The van der Waals surface area contributed by atoms with Crippen molar-refractivity contribution in [1.29, 1.82) is 0 Å². The fourth-order valence-corrected chi connectivity index (χ4v) is 2.24. The maximum Gasteiger partial charge on any atom is 0.243 e. The van der Waals surface area contributed by atoms with E-state index >= 15 is 0 Å². The monoisotopic (exact) mass is 352 g/mol. The average molecular weight is 353 g/mol. The molecule has 1 amide bonds. The molecule has 0 atom stereocenters.